The molecule has 3 amide bonds. The lowest BCUT2D eigenvalue weighted by Gasteiger charge is -2.25. The van der Waals surface area contributed by atoms with Crippen LogP contribution in [0.15, 0.2) is 109 Å². The number of carbonyl (C=O) groups is 3. The molecule has 0 aliphatic heterocycles. The summed E-state index contributed by atoms with van der Waals surface area (Å²) in [6.07, 6.45) is 1.90. The lowest BCUT2D eigenvalue weighted by atomic mass is 10.0. The maximum atomic E-state index is 13.6. The first kappa shape index (κ1) is 30.6. The molecule has 0 radical (unpaired) electrons. The monoisotopic (exact) mass is 606 g/mol. The SMILES string of the molecule is COc1ccc(N(C)C(=O)[C@H](Cc2ccccc2)NC(=O)Cn2cc(-c3cccc(NC(=O)c4cccc(F)c4)c3)nn2)cc1. The molecule has 4 aromatic carbocycles. The van der Waals surface area contributed by atoms with E-state index in [1.807, 2.05) is 30.3 Å². The van der Waals surface area contributed by atoms with Crippen molar-refractivity contribution in [3.05, 3.63) is 126 Å². The minimum Gasteiger partial charge on any atom is -0.497 e. The molecule has 1 atom stereocenters. The summed E-state index contributed by atoms with van der Waals surface area (Å²) in [5, 5.41) is 13.9. The third kappa shape index (κ3) is 7.96. The summed E-state index contributed by atoms with van der Waals surface area (Å²) in [7, 11) is 3.23. The van der Waals surface area contributed by atoms with Gasteiger partial charge in [-0.15, -0.1) is 5.10 Å². The first-order valence-corrected chi connectivity index (χ1v) is 14.1. The van der Waals surface area contributed by atoms with Crippen molar-refractivity contribution < 1.29 is 23.5 Å². The number of aromatic nitrogens is 3. The number of nitrogens with zero attached hydrogens (tertiary/aromatic N) is 4. The van der Waals surface area contributed by atoms with Crippen LogP contribution in [0.2, 0.25) is 0 Å². The predicted octanol–water partition coefficient (Wildman–Crippen LogP) is 4.74. The van der Waals surface area contributed by atoms with Crippen LogP contribution in [0.3, 0.4) is 0 Å². The number of halogens is 1. The van der Waals surface area contributed by atoms with Crippen molar-refractivity contribution in [2.75, 3.05) is 24.4 Å². The predicted molar refractivity (Wildman–Crippen MR) is 168 cm³/mol. The number of hydrogen-bond acceptors (Lipinski definition) is 6. The molecule has 0 saturated carbocycles. The molecule has 1 heterocycles. The van der Waals surface area contributed by atoms with Gasteiger partial charge in [-0.2, -0.15) is 0 Å². The summed E-state index contributed by atoms with van der Waals surface area (Å²) >= 11 is 0. The van der Waals surface area contributed by atoms with E-state index in [0.717, 1.165) is 11.6 Å². The molecule has 0 fully saturated rings. The Labute approximate surface area is 259 Å². The number of nitrogens with one attached hydrogen (secondary N) is 2. The third-order valence-electron chi connectivity index (χ3n) is 7.05. The van der Waals surface area contributed by atoms with Crippen molar-refractivity contribution >= 4 is 29.1 Å². The molecular formula is C34H31FN6O4. The number of amides is 3. The number of benzene rings is 4. The van der Waals surface area contributed by atoms with Gasteiger partial charge in [0, 0.05) is 36.0 Å². The van der Waals surface area contributed by atoms with Gasteiger partial charge >= 0.3 is 0 Å². The maximum absolute atomic E-state index is 13.6. The molecule has 0 spiro atoms. The van der Waals surface area contributed by atoms with E-state index in [2.05, 4.69) is 20.9 Å². The molecule has 0 saturated heterocycles. The summed E-state index contributed by atoms with van der Waals surface area (Å²) in [5.41, 5.74) is 3.35. The van der Waals surface area contributed by atoms with Crippen LogP contribution in [-0.4, -0.2) is 52.9 Å². The minimum absolute atomic E-state index is 0.173. The van der Waals surface area contributed by atoms with Gasteiger partial charge < -0.3 is 20.3 Å². The second-order valence-electron chi connectivity index (χ2n) is 10.3. The first-order chi connectivity index (χ1) is 21.8. The van der Waals surface area contributed by atoms with E-state index < -0.39 is 23.7 Å². The largest absolute Gasteiger partial charge is 0.497 e. The Morgan fingerprint density at radius 2 is 1.69 bits per heavy atom. The van der Waals surface area contributed by atoms with Crippen LogP contribution in [0, 0.1) is 5.82 Å². The standard InChI is InChI=1S/C34H31FN6O4/c1-40(28-14-16-29(45-2)17-15-28)34(44)30(18-23-8-4-3-5-9-23)37-32(42)22-41-21-31(38-39-41)24-10-7-13-27(20-24)36-33(43)25-11-6-12-26(35)19-25/h3-17,19-21,30H,18,22H2,1-2H3,(H,36,43)(H,37,42)/t30-/m0/s1. The Hall–Kier alpha value is -5.84. The van der Waals surface area contributed by atoms with E-state index in [4.69, 9.17) is 4.74 Å². The fraction of sp³-hybridized carbons (Fsp3) is 0.147. The van der Waals surface area contributed by atoms with Crippen molar-refractivity contribution in [1.29, 1.82) is 0 Å². The van der Waals surface area contributed by atoms with Crippen molar-refractivity contribution in [3.8, 4) is 17.0 Å². The van der Waals surface area contributed by atoms with E-state index in [0.29, 0.717) is 34.8 Å². The Morgan fingerprint density at radius 3 is 2.42 bits per heavy atom. The van der Waals surface area contributed by atoms with Crippen LogP contribution < -0.4 is 20.3 Å². The zero-order valence-corrected chi connectivity index (χ0v) is 24.7. The number of rotatable bonds is 11. The highest BCUT2D eigenvalue weighted by Crippen LogP contribution is 2.22. The number of carbonyl (C=O) groups excluding carboxylic acids is 3. The molecule has 2 N–H and O–H groups in total. The number of hydrogen-bond donors (Lipinski definition) is 2. The Morgan fingerprint density at radius 1 is 0.933 bits per heavy atom. The molecule has 11 heteroatoms. The molecule has 5 aromatic rings. The van der Waals surface area contributed by atoms with Crippen molar-refractivity contribution in [1.82, 2.24) is 20.3 Å². The van der Waals surface area contributed by atoms with Gasteiger partial charge in [-0.05, 0) is 60.2 Å². The molecule has 0 unspecified atom stereocenters. The Balaban J connectivity index is 1.26. The molecular weight excluding hydrogens is 575 g/mol. The van der Waals surface area contributed by atoms with Crippen LogP contribution in [-0.2, 0) is 22.6 Å². The fourth-order valence-electron chi connectivity index (χ4n) is 4.70. The Bertz CT molecular complexity index is 1790. The third-order valence-corrected chi connectivity index (χ3v) is 7.05. The van der Waals surface area contributed by atoms with Crippen LogP contribution in [0.25, 0.3) is 11.3 Å². The van der Waals surface area contributed by atoms with Crippen LogP contribution in [0.5, 0.6) is 5.75 Å². The highest BCUT2D eigenvalue weighted by Gasteiger charge is 2.26. The van der Waals surface area contributed by atoms with Crippen molar-refractivity contribution in [2.45, 2.75) is 19.0 Å². The quantitative estimate of drug-likeness (QED) is 0.224. The van der Waals surface area contributed by atoms with Crippen LogP contribution in [0.1, 0.15) is 15.9 Å². The molecule has 10 nitrogen and oxygen atoms in total. The molecule has 0 aliphatic carbocycles. The smallest absolute Gasteiger partial charge is 0.255 e. The van der Waals surface area contributed by atoms with Crippen LogP contribution in [0.4, 0.5) is 15.8 Å². The van der Waals surface area contributed by atoms with Crippen molar-refractivity contribution in [3.63, 3.8) is 0 Å². The van der Waals surface area contributed by atoms with E-state index in [9.17, 15) is 18.8 Å². The zero-order valence-electron chi connectivity index (χ0n) is 24.7. The summed E-state index contributed by atoms with van der Waals surface area (Å²) in [5.74, 6) is -0.990. The van der Waals surface area contributed by atoms with Crippen LogP contribution >= 0.6 is 0 Å². The minimum atomic E-state index is -0.839. The summed E-state index contributed by atoms with van der Waals surface area (Å²) in [4.78, 5) is 40.8. The number of methoxy groups -OCH3 is 1. The molecule has 45 heavy (non-hydrogen) atoms. The zero-order chi connectivity index (χ0) is 31.8. The lowest BCUT2D eigenvalue weighted by Crippen LogP contribution is -2.49. The summed E-state index contributed by atoms with van der Waals surface area (Å²) in [6, 6.07) is 28.0. The fourth-order valence-corrected chi connectivity index (χ4v) is 4.70. The van der Waals surface area contributed by atoms with Gasteiger partial charge in [-0.1, -0.05) is 53.7 Å². The van der Waals surface area contributed by atoms with E-state index in [1.165, 1.54) is 27.8 Å². The van der Waals surface area contributed by atoms with E-state index in [1.54, 1.807) is 68.9 Å². The summed E-state index contributed by atoms with van der Waals surface area (Å²) < 4.78 is 20.1. The maximum Gasteiger partial charge on any atom is 0.255 e. The number of likely N-dealkylation sites (N-methyl/N-ethyl adjacent to an activating group) is 1. The van der Waals surface area contributed by atoms with E-state index in [-0.39, 0.29) is 18.0 Å². The van der Waals surface area contributed by atoms with Gasteiger partial charge in [-0.3, -0.25) is 14.4 Å². The average molecular weight is 607 g/mol. The molecule has 228 valence electrons. The number of anilines is 2. The summed E-state index contributed by atoms with van der Waals surface area (Å²) in [6.45, 7) is -0.173. The average Bonchev–Trinajstić information content (AvgIpc) is 3.52. The number of ether oxygens (including phenoxy) is 1. The Kier molecular flexibility index (Phi) is 9.58. The highest BCUT2D eigenvalue weighted by molar-refractivity contribution is 6.04. The van der Waals surface area contributed by atoms with Crippen molar-refractivity contribution in [2.24, 2.45) is 0 Å². The lowest BCUT2D eigenvalue weighted by molar-refractivity contribution is -0.127. The second kappa shape index (κ2) is 14.1. The molecule has 5 rings (SSSR count). The van der Waals surface area contributed by atoms with E-state index >= 15 is 0 Å². The topological polar surface area (TPSA) is 118 Å². The normalized spacial score (nSPS) is 11.4. The van der Waals surface area contributed by atoms with Gasteiger partial charge in [-0.25, -0.2) is 9.07 Å². The van der Waals surface area contributed by atoms with Gasteiger partial charge in [0.25, 0.3) is 5.91 Å². The first-order valence-electron chi connectivity index (χ1n) is 14.1. The molecule has 0 bridgehead atoms. The van der Waals surface area contributed by atoms with Gasteiger partial charge in [0.1, 0.15) is 29.8 Å². The van der Waals surface area contributed by atoms with Gasteiger partial charge in [0.15, 0.2) is 0 Å². The molecule has 1 aromatic heterocycles. The van der Waals surface area contributed by atoms with Gasteiger partial charge in [0.2, 0.25) is 11.8 Å². The second-order valence-corrected chi connectivity index (χ2v) is 10.3. The molecule has 0 aliphatic rings. The van der Waals surface area contributed by atoms with Gasteiger partial charge in [0.05, 0.1) is 13.3 Å². The highest BCUT2D eigenvalue weighted by atomic mass is 19.1.